The van der Waals surface area contributed by atoms with E-state index in [9.17, 15) is 0 Å². The van der Waals surface area contributed by atoms with Gasteiger partial charge in [-0.25, -0.2) is 4.98 Å². The molecule has 122 valence electrons. The Hall–Kier alpha value is -2.40. The van der Waals surface area contributed by atoms with Crippen LogP contribution in [-0.2, 0) is 5.33 Å². The van der Waals surface area contributed by atoms with Crippen LogP contribution in [0.1, 0.15) is 16.8 Å². The van der Waals surface area contributed by atoms with Crippen molar-refractivity contribution < 1.29 is 0 Å². The van der Waals surface area contributed by atoms with Crippen LogP contribution >= 0.6 is 15.9 Å². The molecule has 0 saturated carbocycles. The first-order valence-electron chi connectivity index (χ1n) is 7.75. The van der Waals surface area contributed by atoms with Gasteiger partial charge in [0, 0.05) is 22.8 Å². The minimum absolute atomic E-state index is 0.581. The molecule has 4 nitrogen and oxygen atoms in total. The van der Waals surface area contributed by atoms with Crippen LogP contribution in [0.5, 0.6) is 0 Å². The number of aryl methyl sites for hydroxylation is 2. The van der Waals surface area contributed by atoms with Crippen molar-refractivity contribution in [3.05, 3.63) is 71.4 Å². The fourth-order valence-electron chi connectivity index (χ4n) is 2.37. The summed E-state index contributed by atoms with van der Waals surface area (Å²) in [7, 11) is 0. The summed E-state index contributed by atoms with van der Waals surface area (Å²) in [6.45, 7) is 4.13. The largest absolute Gasteiger partial charge is 0.340 e. The standard InChI is InChI=1S/C19H19BrN4/c1-13-7-3-5-9-16(13)22-18-11-15(12-20)21-19(24-18)23-17-10-6-4-8-14(17)2/h3-11H,12H2,1-2H3,(H2,21,22,23,24). The van der Waals surface area contributed by atoms with E-state index in [4.69, 9.17) is 0 Å². The Kier molecular flexibility index (Phi) is 5.11. The average Bonchev–Trinajstić information content (AvgIpc) is 2.59. The lowest BCUT2D eigenvalue weighted by Crippen LogP contribution is -2.04. The van der Waals surface area contributed by atoms with Crippen LogP contribution in [0, 0.1) is 13.8 Å². The molecule has 2 N–H and O–H groups in total. The second kappa shape index (κ2) is 7.45. The predicted molar refractivity (Wildman–Crippen MR) is 104 cm³/mol. The van der Waals surface area contributed by atoms with Crippen LogP contribution < -0.4 is 10.6 Å². The minimum Gasteiger partial charge on any atom is -0.340 e. The van der Waals surface area contributed by atoms with Gasteiger partial charge in [-0.15, -0.1) is 0 Å². The molecular weight excluding hydrogens is 364 g/mol. The van der Waals surface area contributed by atoms with Gasteiger partial charge in [-0.2, -0.15) is 4.98 Å². The van der Waals surface area contributed by atoms with Crippen molar-refractivity contribution in [1.29, 1.82) is 0 Å². The number of benzene rings is 2. The molecule has 0 spiro atoms. The third-order valence-electron chi connectivity index (χ3n) is 3.72. The van der Waals surface area contributed by atoms with Gasteiger partial charge < -0.3 is 10.6 Å². The van der Waals surface area contributed by atoms with Crippen LogP contribution in [0.3, 0.4) is 0 Å². The van der Waals surface area contributed by atoms with Crippen LogP contribution in [0.4, 0.5) is 23.1 Å². The third-order valence-corrected chi connectivity index (χ3v) is 4.29. The highest BCUT2D eigenvalue weighted by Gasteiger charge is 2.07. The van der Waals surface area contributed by atoms with Crippen LogP contribution in [0.25, 0.3) is 0 Å². The molecule has 3 rings (SSSR count). The minimum atomic E-state index is 0.581. The number of nitrogens with zero attached hydrogens (tertiary/aromatic N) is 2. The second-order valence-electron chi connectivity index (χ2n) is 5.58. The van der Waals surface area contributed by atoms with Gasteiger partial charge >= 0.3 is 0 Å². The van der Waals surface area contributed by atoms with Crippen LogP contribution in [-0.4, -0.2) is 9.97 Å². The molecule has 0 atom stereocenters. The molecule has 0 amide bonds. The van der Waals surface area contributed by atoms with Gasteiger partial charge in [0.15, 0.2) is 0 Å². The van der Waals surface area contributed by atoms with E-state index in [1.54, 1.807) is 0 Å². The van der Waals surface area contributed by atoms with E-state index >= 15 is 0 Å². The molecule has 0 radical (unpaired) electrons. The number of hydrogen-bond acceptors (Lipinski definition) is 4. The van der Waals surface area contributed by atoms with Crippen molar-refractivity contribution in [3.8, 4) is 0 Å². The van der Waals surface area contributed by atoms with Crippen LogP contribution in [0.15, 0.2) is 54.6 Å². The monoisotopic (exact) mass is 382 g/mol. The molecule has 3 aromatic rings. The fourth-order valence-corrected chi connectivity index (χ4v) is 2.66. The summed E-state index contributed by atoms with van der Waals surface area (Å²) < 4.78 is 0. The normalized spacial score (nSPS) is 10.5. The topological polar surface area (TPSA) is 49.8 Å². The zero-order valence-corrected chi connectivity index (χ0v) is 15.3. The molecule has 1 aromatic heterocycles. The fraction of sp³-hybridized carbons (Fsp3) is 0.158. The lowest BCUT2D eigenvalue weighted by atomic mass is 10.2. The quantitative estimate of drug-likeness (QED) is 0.573. The molecule has 0 saturated heterocycles. The molecule has 0 aliphatic rings. The number of anilines is 4. The molecule has 1 heterocycles. The Balaban J connectivity index is 1.91. The van der Waals surface area contributed by atoms with Gasteiger partial charge in [0.2, 0.25) is 5.95 Å². The van der Waals surface area contributed by atoms with Gasteiger partial charge in [-0.1, -0.05) is 52.3 Å². The average molecular weight is 383 g/mol. The highest BCUT2D eigenvalue weighted by molar-refractivity contribution is 9.08. The SMILES string of the molecule is Cc1ccccc1Nc1cc(CBr)nc(Nc2ccccc2C)n1. The summed E-state index contributed by atoms with van der Waals surface area (Å²) >= 11 is 3.48. The lowest BCUT2D eigenvalue weighted by molar-refractivity contribution is 1.10. The number of rotatable bonds is 5. The Labute approximate surface area is 150 Å². The number of halogens is 1. The maximum atomic E-state index is 4.60. The van der Waals surface area contributed by atoms with E-state index in [2.05, 4.69) is 62.5 Å². The van der Waals surface area contributed by atoms with E-state index in [1.165, 1.54) is 5.56 Å². The molecule has 0 bridgehead atoms. The van der Waals surface area contributed by atoms with Crippen molar-refractivity contribution in [2.75, 3.05) is 10.6 Å². The Morgan fingerprint density at radius 3 is 2.00 bits per heavy atom. The maximum Gasteiger partial charge on any atom is 0.229 e. The van der Waals surface area contributed by atoms with Crippen molar-refractivity contribution in [2.24, 2.45) is 0 Å². The highest BCUT2D eigenvalue weighted by atomic mass is 79.9. The third kappa shape index (κ3) is 3.92. The van der Waals surface area contributed by atoms with Gasteiger partial charge in [-0.3, -0.25) is 0 Å². The summed E-state index contributed by atoms with van der Waals surface area (Å²) in [6, 6.07) is 18.2. The number of nitrogens with one attached hydrogen (secondary N) is 2. The van der Waals surface area contributed by atoms with Gasteiger partial charge in [0.25, 0.3) is 0 Å². The van der Waals surface area contributed by atoms with E-state index in [-0.39, 0.29) is 0 Å². The number of alkyl halides is 1. The van der Waals surface area contributed by atoms with E-state index in [0.717, 1.165) is 28.5 Å². The lowest BCUT2D eigenvalue weighted by Gasteiger charge is -2.13. The van der Waals surface area contributed by atoms with Crippen molar-refractivity contribution in [1.82, 2.24) is 9.97 Å². The first-order valence-corrected chi connectivity index (χ1v) is 8.87. The number of hydrogen-bond donors (Lipinski definition) is 2. The summed E-state index contributed by atoms with van der Waals surface area (Å²) in [5.74, 6) is 1.35. The molecule has 0 aliphatic carbocycles. The van der Waals surface area contributed by atoms with Crippen LogP contribution in [0.2, 0.25) is 0 Å². The van der Waals surface area contributed by atoms with Gasteiger partial charge in [0.05, 0.1) is 5.69 Å². The first-order chi connectivity index (χ1) is 11.7. The molecule has 0 aliphatic heterocycles. The molecule has 0 unspecified atom stereocenters. The van der Waals surface area contributed by atoms with E-state index in [1.807, 2.05) is 42.5 Å². The summed E-state index contributed by atoms with van der Waals surface area (Å²) in [4.78, 5) is 9.14. The Bertz CT molecular complexity index is 783. The van der Waals surface area contributed by atoms with Gasteiger partial charge in [-0.05, 0) is 37.1 Å². The number of aromatic nitrogens is 2. The zero-order chi connectivity index (χ0) is 16.9. The molecule has 0 fully saturated rings. The van der Waals surface area contributed by atoms with E-state index < -0.39 is 0 Å². The Morgan fingerprint density at radius 2 is 1.42 bits per heavy atom. The van der Waals surface area contributed by atoms with E-state index in [0.29, 0.717) is 11.3 Å². The summed E-state index contributed by atoms with van der Waals surface area (Å²) in [6.07, 6.45) is 0. The predicted octanol–water partition coefficient (Wildman–Crippen LogP) is 5.48. The second-order valence-corrected chi connectivity index (χ2v) is 6.14. The van der Waals surface area contributed by atoms with Crippen molar-refractivity contribution in [3.63, 3.8) is 0 Å². The molecule has 24 heavy (non-hydrogen) atoms. The first kappa shape index (κ1) is 16.5. The highest BCUT2D eigenvalue weighted by Crippen LogP contribution is 2.23. The molecule has 5 heteroatoms. The maximum absolute atomic E-state index is 4.60. The summed E-state index contributed by atoms with van der Waals surface area (Å²) in [5, 5.41) is 7.35. The number of para-hydroxylation sites is 2. The van der Waals surface area contributed by atoms with Crippen molar-refractivity contribution >= 4 is 39.1 Å². The van der Waals surface area contributed by atoms with Gasteiger partial charge in [0.1, 0.15) is 5.82 Å². The molecular formula is C19H19BrN4. The zero-order valence-electron chi connectivity index (χ0n) is 13.7. The van der Waals surface area contributed by atoms with Crippen molar-refractivity contribution in [2.45, 2.75) is 19.2 Å². The molecule has 2 aromatic carbocycles. The Morgan fingerprint density at radius 1 is 0.833 bits per heavy atom. The summed E-state index contributed by atoms with van der Waals surface area (Å²) in [5.41, 5.74) is 5.28. The smallest absolute Gasteiger partial charge is 0.229 e.